The third kappa shape index (κ3) is 3.26. The number of hydrogen-bond acceptors (Lipinski definition) is 4. The van der Waals surface area contributed by atoms with Gasteiger partial charge in [0.05, 0.1) is 18.9 Å². The van der Waals surface area contributed by atoms with E-state index in [2.05, 4.69) is 36.1 Å². The van der Waals surface area contributed by atoms with Crippen LogP contribution < -0.4 is 9.64 Å². The van der Waals surface area contributed by atoms with Crippen LogP contribution in [-0.4, -0.2) is 24.0 Å². The molecule has 0 radical (unpaired) electrons. The van der Waals surface area contributed by atoms with Gasteiger partial charge < -0.3 is 14.7 Å². The molecular formula is C23H22N2O2. The number of ether oxygens (including phenoxy) is 1. The molecular weight excluding hydrogens is 336 g/mol. The molecule has 4 rings (SSSR count). The quantitative estimate of drug-likeness (QED) is 0.729. The first-order valence-corrected chi connectivity index (χ1v) is 9.02. The molecule has 1 heterocycles. The fourth-order valence-corrected chi connectivity index (χ4v) is 3.57. The smallest absolute Gasteiger partial charge is 0.148 e. The topological polar surface area (TPSA) is 45.1 Å². The Morgan fingerprint density at radius 2 is 1.56 bits per heavy atom. The van der Waals surface area contributed by atoms with Crippen molar-refractivity contribution in [2.75, 3.05) is 12.0 Å². The third-order valence-electron chi connectivity index (χ3n) is 4.97. The van der Waals surface area contributed by atoms with Crippen molar-refractivity contribution in [1.82, 2.24) is 0 Å². The Hall–Kier alpha value is -3.27. The van der Waals surface area contributed by atoms with Crippen LogP contribution in [0.1, 0.15) is 24.2 Å². The van der Waals surface area contributed by atoms with Crippen LogP contribution >= 0.6 is 0 Å². The lowest BCUT2D eigenvalue weighted by atomic mass is 10.0. The Morgan fingerprint density at radius 1 is 0.889 bits per heavy atom. The van der Waals surface area contributed by atoms with Crippen LogP contribution in [0.15, 0.2) is 83.9 Å². The average Bonchev–Trinajstić information content (AvgIpc) is 3.06. The van der Waals surface area contributed by atoms with E-state index in [0.717, 1.165) is 28.3 Å². The number of aliphatic imine (C=N–C) groups is 1. The van der Waals surface area contributed by atoms with Crippen molar-refractivity contribution in [3.63, 3.8) is 0 Å². The van der Waals surface area contributed by atoms with Crippen molar-refractivity contribution in [2.45, 2.75) is 19.1 Å². The monoisotopic (exact) mass is 358 g/mol. The van der Waals surface area contributed by atoms with Crippen molar-refractivity contribution in [1.29, 1.82) is 0 Å². The van der Waals surface area contributed by atoms with Gasteiger partial charge in [0, 0.05) is 5.69 Å². The molecule has 4 nitrogen and oxygen atoms in total. The molecule has 0 saturated carbocycles. The summed E-state index contributed by atoms with van der Waals surface area (Å²) in [7, 11) is 1.67. The molecule has 3 aromatic carbocycles. The molecule has 27 heavy (non-hydrogen) atoms. The average molecular weight is 358 g/mol. The van der Waals surface area contributed by atoms with E-state index in [0.29, 0.717) is 0 Å². The van der Waals surface area contributed by atoms with E-state index in [9.17, 15) is 5.11 Å². The fourth-order valence-electron chi connectivity index (χ4n) is 3.57. The van der Waals surface area contributed by atoms with Gasteiger partial charge in [-0.05, 0) is 66.6 Å². The number of benzene rings is 3. The summed E-state index contributed by atoms with van der Waals surface area (Å²) in [6.45, 7) is 2.17. The maximum Gasteiger partial charge on any atom is 0.148 e. The van der Waals surface area contributed by atoms with Gasteiger partial charge in [-0.1, -0.05) is 30.3 Å². The normalized spacial score (nSPS) is 19.0. The summed E-state index contributed by atoms with van der Waals surface area (Å²) in [6.07, 6.45) is -0.0987. The van der Waals surface area contributed by atoms with Gasteiger partial charge in [0.1, 0.15) is 17.7 Å². The zero-order valence-electron chi connectivity index (χ0n) is 15.4. The summed E-state index contributed by atoms with van der Waals surface area (Å²) in [5.41, 5.74) is 4.28. The van der Waals surface area contributed by atoms with E-state index >= 15 is 0 Å². The second-order valence-electron chi connectivity index (χ2n) is 6.63. The first-order valence-electron chi connectivity index (χ1n) is 9.02. The molecule has 0 bridgehead atoms. The maximum atomic E-state index is 9.61. The molecule has 1 aliphatic rings. The largest absolute Gasteiger partial charge is 0.508 e. The summed E-state index contributed by atoms with van der Waals surface area (Å²) in [4.78, 5) is 7.39. The van der Waals surface area contributed by atoms with Crippen molar-refractivity contribution < 1.29 is 9.84 Å². The summed E-state index contributed by atoms with van der Waals surface area (Å²) < 4.78 is 5.30. The number of rotatable bonds is 4. The number of nitrogens with zero attached hydrogens (tertiary/aromatic N) is 2. The van der Waals surface area contributed by atoms with Crippen LogP contribution in [0.5, 0.6) is 11.5 Å². The van der Waals surface area contributed by atoms with Gasteiger partial charge in [-0.2, -0.15) is 0 Å². The Labute approximate surface area is 159 Å². The predicted molar refractivity (Wildman–Crippen MR) is 109 cm³/mol. The van der Waals surface area contributed by atoms with Gasteiger partial charge in [-0.25, -0.2) is 0 Å². The highest BCUT2D eigenvalue weighted by molar-refractivity contribution is 6.07. The lowest BCUT2D eigenvalue weighted by molar-refractivity contribution is 0.414. The van der Waals surface area contributed by atoms with Crippen LogP contribution in [0.25, 0.3) is 0 Å². The highest BCUT2D eigenvalue weighted by Gasteiger charge is 2.35. The number of anilines is 1. The lowest BCUT2D eigenvalue weighted by Crippen LogP contribution is -2.35. The number of phenols is 1. The van der Waals surface area contributed by atoms with Crippen molar-refractivity contribution in [2.24, 2.45) is 4.99 Å². The maximum absolute atomic E-state index is 9.61. The van der Waals surface area contributed by atoms with E-state index in [1.54, 1.807) is 19.2 Å². The first kappa shape index (κ1) is 17.2. The number of hydrogen-bond donors (Lipinski definition) is 1. The van der Waals surface area contributed by atoms with Gasteiger partial charge in [-0.3, -0.25) is 4.99 Å². The molecule has 2 atom stereocenters. The van der Waals surface area contributed by atoms with Crippen LogP contribution in [0, 0.1) is 0 Å². The van der Waals surface area contributed by atoms with Gasteiger partial charge in [0.2, 0.25) is 0 Å². The Balaban J connectivity index is 1.77. The number of phenolic OH excluding ortho intramolecular Hbond substituents is 1. The molecule has 0 amide bonds. The standard InChI is InChI=1S/C23H22N2O2/c1-16-22(17-8-12-20(26)13-9-17)24-23(18-6-4-3-5-7-18)25(16)19-10-14-21(27-2)15-11-19/h3-16,23,26H,1-2H3. The first-order chi connectivity index (χ1) is 13.2. The third-order valence-corrected chi connectivity index (χ3v) is 4.97. The molecule has 1 N–H and O–H groups in total. The molecule has 0 aliphatic carbocycles. The minimum atomic E-state index is -0.0987. The van der Waals surface area contributed by atoms with Crippen molar-refractivity contribution in [3.8, 4) is 11.5 Å². The molecule has 3 aromatic rings. The number of aromatic hydroxyl groups is 1. The van der Waals surface area contributed by atoms with Crippen LogP contribution in [-0.2, 0) is 0 Å². The molecule has 0 saturated heterocycles. The minimum absolute atomic E-state index is 0.0909. The molecule has 0 spiro atoms. The number of methoxy groups -OCH3 is 1. The Bertz CT molecular complexity index is 934. The fraction of sp³-hybridized carbons (Fsp3) is 0.174. The summed E-state index contributed by atoms with van der Waals surface area (Å²) in [5, 5.41) is 9.61. The van der Waals surface area contributed by atoms with Crippen LogP contribution in [0.4, 0.5) is 5.69 Å². The van der Waals surface area contributed by atoms with E-state index in [4.69, 9.17) is 9.73 Å². The van der Waals surface area contributed by atoms with Crippen LogP contribution in [0.3, 0.4) is 0 Å². The Kier molecular flexibility index (Phi) is 4.55. The van der Waals surface area contributed by atoms with Crippen LogP contribution in [0.2, 0.25) is 0 Å². The second kappa shape index (κ2) is 7.16. The molecule has 0 fully saturated rings. The summed E-state index contributed by atoms with van der Waals surface area (Å²) in [6, 6.07) is 25.8. The SMILES string of the molecule is COc1ccc(N2C(C)C(c3ccc(O)cc3)=NC2c2ccccc2)cc1. The second-order valence-corrected chi connectivity index (χ2v) is 6.63. The summed E-state index contributed by atoms with van der Waals surface area (Å²) in [5.74, 6) is 1.10. The molecule has 136 valence electrons. The molecule has 4 heteroatoms. The molecule has 1 aliphatic heterocycles. The van der Waals surface area contributed by atoms with Gasteiger partial charge in [0.15, 0.2) is 0 Å². The van der Waals surface area contributed by atoms with Crippen molar-refractivity contribution >= 4 is 11.4 Å². The molecule has 0 aromatic heterocycles. The predicted octanol–water partition coefficient (Wildman–Crippen LogP) is 4.80. The highest BCUT2D eigenvalue weighted by Crippen LogP contribution is 2.37. The van der Waals surface area contributed by atoms with Crippen molar-refractivity contribution in [3.05, 3.63) is 90.0 Å². The Morgan fingerprint density at radius 3 is 2.19 bits per heavy atom. The molecule has 2 unspecified atom stereocenters. The zero-order chi connectivity index (χ0) is 18.8. The van der Waals surface area contributed by atoms with E-state index in [1.165, 1.54) is 0 Å². The van der Waals surface area contributed by atoms with E-state index < -0.39 is 0 Å². The van der Waals surface area contributed by atoms with E-state index in [1.807, 2.05) is 42.5 Å². The van der Waals surface area contributed by atoms with Gasteiger partial charge >= 0.3 is 0 Å². The summed E-state index contributed by atoms with van der Waals surface area (Å²) >= 11 is 0. The zero-order valence-corrected chi connectivity index (χ0v) is 15.4. The lowest BCUT2D eigenvalue weighted by Gasteiger charge is -2.30. The highest BCUT2D eigenvalue weighted by atomic mass is 16.5. The van der Waals surface area contributed by atoms with E-state index in [-0.39, 0.29) is 18.0 Å². The van der Waals surface area contributed by atoms with Gasteiger partial charge in [0.25, 0.3) is 0 Å². The minimum Gasteiger partial charge on any atom is -0.508 e. The van der Waals surface area contributed by atoms with Gasteiger partial charge in [-0.15, -0.1) is 0 Å².